The number of nitrogens with zero attached hydrogens (tertiary/aromatic N) is 3. The predicted molar refractivity (Wildman–Crippen MR) is 83.7 cm³/mol. The van der Waals surface area contributed by atoms with Gasteiger partial charge in [-0.25, -0.2) is 9.78 Å². The summed E-state index contributed by atoms with van der Waals surface area (Å²) in [6.45, 7) is 4.03. The van der Waals surface area contributed by atoms with Crippen molar-refractivity contribution in [1.29, 1.82) is 0 Å². The van der Waals surface area contributed by atoms with Crippen molar-refractivity contribution in [3.05, 3.63) is 36.4 Å². The fourth-order valence-corrected chi connectivity index (χ4v) is 2.16. The zero-order valence-electron chi connectivity index (χ0n) is 13.2. The van der Waals surface area contributed by atoms with E-state index in [1.54, 1.807) is 31.0 Å². The summed E-state index contributed by atoms with van der Waals surface area (Å²) in [7, 11) is 3.37. The van der Waals surface area contributed by atoms with Crippen molar-refractivity contribution in [2.24, 2.45) is 13.0 Å². The highest BCUT2D eigenvalue weighted by molar-refractivity contribution is 5.91. The molecule has 0 aliphatic rings. The standard InChI is InChI=1S/C15H21N5O2/c1-10(2)13(14-16-9-17-20(14)3)19-15(21)18-11-7-5-6-8-12(11)22-4/h5-10,13H,1-4H3,(H2,18,19,21). The van der Waals surface area contributed by atoms with Crippen LogP contribution >= 0.6 is 0 Å². The molecule has 1 aromatic heterocycles. The SMILES string of the molecule is COc1ccccc1NC(=O)NC(c1ncnn1C)C(C)C. The molecular weight excluding hydrogens is 282 g/mol. The maximum atomic E-state index is 12.3. The second-order valence-electron chi connectivity index (χ2n) is 5.26. The van der Waals surface area contributed by atoms with Gasteiger partial charge in [0.1, 0.15) is 17.9 Å². The maximum Gasteiger partial charge on any atom is 0.319 e. The summed E-state index contributed by atoms with van der Waals surface area (Å²) in [5, 5.41) is 9.78. The number of nitrogens with one attached hydrogen (secondary N) is 2. The Morgan fingerprint density at radius 2 is 2.05 bits per heavy atom. The molecule has 0 spiro atoms. The van der Waals surface area contributed by atoms with Gasteiger partial charge < -0.3 is 15.4 Å². The highest BCUT2D eigenvalue weighted by Crippen LogP contribution is 2.24. The molecular formula is C15H21N5O2. The van der Waals surface area contributed by atoms with Crippen LogP contribution in [0.2, 0.25) is 0 Å². The lowest BCUT2D eigenvalue weighted by molar-refractivity contribution is 0.243. The summed E-state index contributed by atoms with van der Waals surface area (Å²) in [6, 6.07) is 6.70. The molecule has 2 aromatic rings. The number of anilines is 1. The van der Waals surface area contributed by atoms with Crippen molar-refractivity contribution < 1.29 is 9.53 Å². The Balaban J connectivity index is 2.11. The van der Waals surface area contributed by atoms with E-state index in [2.05, 4.69) is 20.7 Å². The molecule has 0 bridgehead atoms. The Morgan fingerprint density at radius 1 is 1.32 bits per heavy atom. The topological polar surface area (TPSA) is 81.1 Å². The zero-order chi connectivity index (χ0) is 16.1. The first kappa shape index (κ1) is 15.8. The molecule has 22 heavy (non-hydrogen) atoms. The average molecular weight is 303 g/mol. The Hall–Kier alpha value is -2.57. The molecule has 1 aromatic carbocycles. The van der Waals surface area contributed by atoms with Gasteiger partial charge in [-0.05, 0) is 18.1 Å². The molecule has 1 atom stereocenters. The van der Waals surface area contributed by atoms with Crippen LogP contribution in [0.25, 0.3) is 0 Å². The Kier molecular flexibility index (Phi) is 4.98. The fourth-order valence-electron chi connectivity index (χ4n) is 2.16. The first-order valence-corrected chi connectivity index (χ1v) is 7.07. The highest BCUT2D eigenvalue weighted by atomic mass is 16.5. The third-order valence-corrected chi connectivity index (χ3v) is 3.33. The van der Waals surface area contributed by atoms with Crippen LogP contribution in [-0.4, -0.2) is 27.9 Å². The molecule has 7 nitrogen and oxygen atoms in total. The number of hydrogen-bond donors (Lipinski definition) is 2. The number of carbonyl (C=O) groups excluding carboxylic acids is 1. The molecule has 0 fully saturated rings. The number of urea groups is 1. The Labute approximate surface area is 129 Å². The largest absolute Gasteiger partial charge is 0.495 e. The van der Waals surface area contributed by atoms with Crippen molar-refractivity contribution in [2.75, 3.05) is 12.4 Å². The molecule has 1 unspecified atom stereocenters. The number of para-hydroxylation sites is 2. The minimum atomic E-state index is -0.314. The molecule has 2 amide bonds. The van der Waals surface area contributed by atoms with Gasteiger partial charge in [0.15, 0.2) is 0 Å². The lowest BCUT2D eigenvalue weighted by Crippen LogP contribution is -2.36. The second-order valence-corrected chi connectivity index (χ2v) is 5.26. The molecule has 0 saturated carbocycles. The van der Waals surface area contributed by atoms with E-state index in [-0.39, 0.29) is 18.0 Å². The van der Waals surface area contributed by atoms with E-state index in [0.29, 0.717) is 17.3 Å². The van der Waals surface area contributed by atoms with Gasteiger partial charge in [-0.1, -0.05) is 26.0 Å². The summed E-state index contributed by atoms with van der Waals surface area (Å²) >= 11 is 0. The molecule has 0 aliphatic heterocycles. The number of carbonyl (C=O) groups is 1. The van der Waals surface area contributed by atoms with Crippen LogP contribution in [0.4, 0.5) is 10.5 Å². The third-order valence-electron chi connectivity index (χ3n) is 3.33. The molecule has 7 heteroatoms. The lowest BCUT2D eigenvalue weighted by Gasteiger charge is -2.22. The van der Waals surface area contributed by atoms with Gasteiger partial charge in [-0.3, -0.25) is 4.68 Å². The number of ether oxygens (including phenoxy) is 1. The second kappa shape index (κ2) is 6.93. The van der Waals surface area contributed by atoms with E-state index in [0.717, 1.165) is 0 Å². The molecule has 118 valence electrons. The summed E-state index contributed by atoms with van der Waals surface area (Å²) in [6.07, 6.45) is 1.48. The molecule has 1 heterocycles. The van der Waals surface area contributed by atoms with Gasteiger partial charge in [0.2, 0.25) is 0 Å². The summed E-state index contributed by atoms with van der Waals surface area (Å²) in [4.78, 5) is 16.5. The van der Waals surface area contributed by atoms with Gasteiger partial charge in [0.25, 0.3) is 0 Å². The van der Waals surface area contributed by atoms with E-state index in [1.807, 2.05) is 26.0 Å². The minimum Gasteiger partial charge on any atom is -0.495 e. The molecule has 2 N–H and O–H groups in total. The van der Waals surface area contributed by atoms with Crippen molar-refractivity contribution in [2.45, 2.75) is 19.9 Å². The van der Waals surface area contributed by atoms with Gasteiger partial charge >= 0.3 is 6.03 Å². The molecule has 2 rings (SSSR count). The van der Waals surface area contributed by atoms with Gasteiger partial charge in [0, 0.05) is 7.05 Å². The van der Waals surface area contributed by atoms with Crippen LogP contribution < -0.4 is 15.4 Å². The quantitative estimate of drug-likeness (QED) is 0.888. The number of rotatable bonds is 5. The van der Waals surface area contributed by atoms with Crippen molar-refractivity contribution in [3.63, 3.8) is 0 Å². The van der Waals surface area contributed by atoms with Crippen molar-refractivity contribution in [3.8, 4) is 5.75 Å². The van der Waals surface area contributed by atoms with E-state index in [4.69, 9.17) is 4.74 Å². The van der Waals surface area contributed by atoms with E-state index >= 15 is 0 Å². The first-order chi connectivity index (χ1) is 10.5. The molecule has 0 saturated heterocycles. The number of aryl methyl sites for hydroxylation is 1. The molecule has 0 aliphatic carbocycles. The van der Waals surface area contributed by atoms with Crippen LogP contribution in [0.15, 0.2) is 30.6 Å². The third kappa shape index (κ3) is 3.55. The van der Waals surface area contributed by atoms with E-state index < -0.39 is 0 Å². The van der Waals surface area contributed by atoms with Gasteiger partial charge in [-0.2, -0.15) is 5.10 Å². The first-order valence-electron chi connectivity index (χ1n) is 7.07. The summed E-state index contributed by atoms with van der Waals surface area (Å²) < 4.78 is 6.88. The number of amides is 2. The Morgan fingerprint density at radius 3 is 2.64 bits per heavy atom. The maximum absolute atomic E-state index is 12.3. The number of hydrogen-bond acceptors (Lipinski definition) is 4. The van der Waals surface area contributed by atoms with Crippen LogP contribution in [0.5, 0.6) is 5.75 Å². The normalized spacial score (nSPS) is 12.0. The number of methoxy groups -OCH3 is 1. The van der Waals surface area contributed by atoms with E-state index in [1.165, 1.54) is 6.33 Å². The smallest absolute Gasteiger partial charge is 0.319 e. The number of benzene rings is 1. The van der Waals surface area contributed by atoms with Crippen LogP contribution in [-0.2, 0) is 7.05 Å². The zero-order valence-corrected chi connectivity index (χ0v) is 13.2. The summed E-state index contributed by atoms with van der Waals surface area (Å²) in [5.74, 6) is 1.49. The molecule has 0 radical (unpaired) electrons. The monoisotopic (exact) mass is 303 g/mol. The van der Waals surface area contributed by atoms with Crippen LogP contribution in [0.1, 0.15) is 25.7 Å². The van der Waals surface area contributed by atoms with Crippen LogP contribution in [0.3, 0.4) is 0 Å². The van der Waals surface area contributed by atoms with Crippen molar-refractivity contribution >= 4 is 11.7 Å². The fraction of sp³-hybridized carbons (Fsp3) is 0.400. The predicted octanol–water partition coefficient (Wildman–Crippen LogP) is 2.34. The highest BCUT2D eigenvalue weighted by Gasteiger charge is 2.22. The summed E-state index contributed by atoms with van der Waals surface area (Å²) in [5.41, 5.74) is 0.614. The van der Waals surface area contributed by atoms with E-state index in [9.17, 15) is 4.79 Å². The van der Waals surface area contributed by atoms with Gasteiger partial charge in [0.05, 0.1) is 18.8 Å². The Bertz CT molecular complexity index is 638. The average Bonchev–Trinajstić information content (AvgIpc) is 2.91. The van der Waals surface area contributed by atoms with Crippen molar-refractivity contribution in [1.82, 2.24) is 20.1 Å². The van der Waals surface area contributed by atoms with Crippen LogP contribution in [0, 0.1) is 5.92 Å². The van der Waals surface area contributed by atoms with Gasteiger partial charge in [-0.15, -0.1) is 0 Å². The minimum absolute atomic E-state index is 0.173. The number of aromatic nitrogens is 3. The lowest BCUT2D eigenvalue weighted by atomic mass is 10.0.